The molecular weight excluding hydrogens is 483 g/mol. The molecule has 3 aromatic carbocycles. The third-order valence-electron chi connectivity index (χ3n) is 5.22. The van der Waals surface area contributed by atoms with Crippen molar-refractivity contribution in [1.29, 1.82) is 0 Å². The van der Waals surface area contributed by atoms with Crippen LogP contribution in [0.3, 0.4) is 0 Å². The number of benzene rings is 3. The van der Waals surface area contributed by atoms with Crippen LogP contribution in [0.1, 0.15) is 18.2 Å². The Balaban J connectivity index is 1.66. The summed E-state index contributed by atoms with van der Waals surface area (Å²) in [4.78, 5) is 26.9. The molecule has 7 nitrogen and oxygen atoms in total. The Hall–Kier alpha value is -4.11. The number of carbonyl (C=O) groups is 2. The van der Waals surface area contributed by atoms with E-state index in [9.17, 15) is 14.0 Å². The number of anilines is 2. The Morgan fingerprint density at radius 2 is 1.81 bits per heavy atom. The number of aryl methyl sites for hydroxylation is 1. The summed E-state index contributed by atoms with van der Waals surface area (Å²) in [7, 11) is 0. The van der Waals surface area contributed by atoms with Gasteiger partial charge in [-0.1, -0.05) is 53.3 Å². The Bertz CT molecular complexity index is 1390. The summed E-state index contributed by atoms with van der Waals surface area (Å²) in [5, 5.41) is 13.2. The van der Waals surface area contributed by atoms with Crippen LogP contribution in [0.4, 0.5) is 20.6 Å². The molecule has 0 saturated carbocycles. The van der Waals surface area contributed by atoms with E-state index in [1.807, 2.05) is 42.5 Å². The third kappa shape index (κ3) is 5.58. The van der Waals surface area contributed by atoms with Crippen molar-refractivity contribution in [2.24, 2.45) is 0 Å². The van der Waals surface area contributed by atoms with Crippen LogP contribution < -0.4 is 4.90 Å². The number of hydrogen-bond acceptors (Lipinski definition) is 6. The van der Waals surface area contributed by atoms with E-state index in [1.165, 1.54) is 30.0 Å². The van der Waals surface area contributed by atoms with E-state index in [0.29, 0.717) is 22.7 Å². The zero-order valence-electron chi connectivity index (χ0n) is 19.6. The average Bonchev–Trinajstić information content (AvgIpc) is 3.22. The minimum absolute atomic E-state index is 0.0249. The van der Waals surface area contributed by atoms with Crippen LogP contribution in [0.2, 0.25) is 0 Å². The van der Waals surface area contributed by atoms with Gasteiger partial charge in [-0.2, -0.15) is 0 Å². The van der Waals surface area contributed by atoms with Gasteiger partial charge >= 0.3 is 12.1 Å². The number of nitrogens with zero attached hydrogens (tertiary/aromatic N) is 2. The van der Waals surface area contributed by atoms with Gasteiger partial charge in [-0.25, -0.2) is 14.1 Å². The van der Waals surface area contributed by atoms with Crippen LogP contribution in [0.5, 0.6) is 0 Å². The monoisotopic (exact) mass is 506 g/mol. The van der Waals surface area contributed by atoms with E-state index in [0.717, 1.165) is 20.3 Å². The number of carboxylic acid groups (broad SMARTS) is 1. The predicted octanol–water partition coefficient (Wildman–Crippen LogP) is 6.86. The number of halogens is 1. The van der Waals surface area contributed by atoms with Gasteiger partial charge in [0.2, 0.25) is 0 Å². The quantitative estimate of drug-likeness (QED) is 0.279. The highest BCUT2D eigenvalue weighted by molar-refractivity contribution is 7.99. The highest BCUT2D eigenvalue weighted by Gasteiger charge is 2.30. The molecule has 0 fully saturated rings. The van der Waals surface area contributed by atoms with Gasteiger partial charge in [0.15, 0.2) is 5.76 Å². The van der Waals surface area contributed by atoms with E-state index in [-0.39, 0.29) is 18.7 Å². The van der Waals surface area contributed by atoms with Gasteiger partial charge in [0.1, 0.15) is 17.2 Å². The second-order valence-electron chi connectivity index (χ2n) is 7.77. The van der Waals surface area contributed by atoms with E-state index in [4.69, 9.17) is 14.4 Å². The van der Waals surface area contributed by atoms with Crippen LogP contribution in [0, 0.1) is 12.7 Å². The zero-order chi connectivity index (χ0) is 25.7. The molecule has 4 rings (SSSR count). The highest BCUT2D eigenvalue weighted by Crippen LogP contribution is 2.39. The standard InChI is InChI=1S/C27H23FN2O5S/c1-3-34-27(33)30(23-10-5-4-9-22(23)28)26-17(2)35-29-25(26)19-11-13-20(14-12-19)36-21-8-6-7-18(15-21)16-24(31)32/h4-15H,3,16H2,1-2H3,(H,31,32). The molecule has 0 atom stereocenters. The first-order valence-corrected chi connectivity index (χ1v) is 12.0. The minimum atomic E-state index is -0.882. The van der Waals surface area contributed by atoms with Gasteiger partial charge in [-0.15, -0.1) is 0 Å². The second kappa shape index (κ2) is 11.1. The molecule has 0 aliphatic carbocycles. The topological polar surface area (TPSA) is 92.9 Å². The van der Waals surface area contributed by atoms with Crippen LogP contribution in [-0.4, -0.2) is 28.9 Å². The molecule has 0 saturated heterocycles. The van der Waals surface area contributed by atoms with E-state index in [2.05, 4.69) is 5.16 Å². The lowest BCUT2D eigenvalue weighted by Gasteiger charge is -2.22. The first-order valence-electron chi connectivity index (χ1n) is 11.1. The van der Waals surface area contributed by atoms with E-state index in [1.54, 1.807) is 26.0 Å². The van der Waals surface area contributed by atoms with Gasteiger partial charge in [0.25, 0.3) is 0 Å². The van der Waals surface area contributed by atoms with Gasteiger partial charge in [-0.3, -0.25) is 4.79 Å². The molecule has 1 amide bonds. The number of aliphatic carboxylic acids is 1. The Morgan fingerprint density at radius 3 is 2.50 bits per heavy atom. The van der Waals surface area contributed by atoms with Crippen molar-refractivity contribution in [3.05, 3.63) is 89.9 Å². The minimum Gasteiger partial charge on any atom is -0.481 e. The molecule has 0 unspecified atom stereocenters. The fraction of sp³-hybridized carbons (Fsp3) is 0.148. The summed E-state index contributed by atoms with van der Waals surface area (Å²) in [5.74, 6) is -1.14. The van der Waals surface area contributed by atoms with Crippen molar-refractivity contribution in [3.63, 3.8) is 0 Å². The lowest BCUT2D eigenvalue weighted by molar-refractivity contribution is -0.136. The second-order valence-corrected chi connectivity index (χ2v) is 8.91. The molecule has 0 aliphatic rings. The summed E-state index contributed by atoms with van der Waals surface area (Å²) >= 11 is 1.49. The summed E-state index contributed by atoms with van der Waals surface area (Å²) in [6.45, 7) is 3.43. The lowest BCUT2D eigenvalue weighted by Crippen LogP contribution is -2.28. The van der Waals surface area contributed by atoms with E-state index >= 15 is 0 Å². The average molecular weight is 507 g/mol. The maximum atomic E-state index is 14.7. The van der Waals surface area contributed by atoms with E-state index < -0.39 is 17.9 Å². The molecule has 1 aromatic heterocycles. The Labute approximate surface area is 211 Å². The highest BCUT2D eigenvalue weighted by atomic mass is 32.2. The Kier molecular flexibility index (Phi) is 7.70. The molecule has 36 heavy (non-hydrogen) atoms. The van der Waals surface area contributed by atoms with Crippen molar-refractivity contribution >= 4 is 35.2 Å². The molecule has 1 heterocycles. The number of aromatic nitrogens is 1. The largest absolute Gasteiger partial charge is 0.481 e. The number of hydrogen-bond donors (Lipinski definition) is 1. The van der Waals surface area contributed by atoms with Crippen LogP contribution in [0.25, 0.3) is 11.3 Å². The number of carbonyl (C=O) groups excluding carboxylic acids is 1. The lowest BCUT2D eigenvalue weighted by atomic mass is 10.1. The number of carboxylic acids is 1. The molecule has 0 aliphatic heterocycles. The first kappa shape index (κ1) is 25.0. The molecule has 0 bridgehead atoms. The van der Waals surface area contributed by atoms with Crippen LogP contribution in [-0.2, 0) is 16.0 Å². The molecule has 0 radical (unpaired) electrons. The number of rotatable bonds is 8. The van der Waals surface area contributed by atoms with Gasteiger partial charge in [-0.05, 0) is 55.8 Å². The Morgan fingerprint density at radius 1 is 1.06 bits per heavy atom. The molecular formula is C27H23FN2O5S. The van der Waals surface area contributed by atoms with Crippen LogP contribution in [0.15, 0.2) is 87.1 Å². The fourth-order valence-electron chi connectivity index (χ4n) is 3.66. The SMILES string of the molecule is CCOC(=O)N(c1ccccc1F)c1c(-c2ccc(Sc3cccc(CC(=O)O)c3)cc2)noc1C. The van der Waals surface area contributed by atoms with Crippen molar-refractivity contribution in [2.45, 2.75) is 30.1 Å². The van der Waals surface area contributed by atoms with Gasteiger partial charge in [0.05, 0.1) is 18.7 Å². The normalized spacial score (nSPS) is 10.8. The first-order chi connectivity index (χ1) is 17.4. The van der Waals surface area contributed by atoms with Crippen molar-refractivity contribution in [3.8, 4) is 11.3 Å². The van der Waals surface area contributed by atoms with Gasteiger partial charge in [0, 0.05) is 15.4 Å². The van der Waals surface area contributed by atoms with Crippen molar-refractivity contribution in [1.82, 2.24) is 5.16 Å². The smallest absolute Gasteiger partial charge is 0.419 e. The molecule has 9 heteroatoms. The molecule has 0 spiro atoms. The third-order valence-corrected chi connectivity index (χ3v) is 6.21. The van der Waals surface area contributed by atoms with Crippen molar-refractivity contribution in [2.75, 3.05) is 11.5 Å². The number of para-hydroxylation sites is 1. The fourth-order valence-corrected chi connectivity index (χ4v) is 4.56. The summed E-state index contributed by atoms with van der Waals surface area (Å²) in [6.07, 6.45) is -0.788. The maximum Gasteiger partial charge on any atom is 0.419 e. The number of amides is 1. The zero-order valence-corrected chi connectivity index (χ0v) is 20.4. The maximum absolute atomic E-state index is 14.7. The summed E-state index contributed by atoms with van der Waals surface area (Å²) in [5.41, 5.74) is 2.07. The summed E-state index contributed by atoms with van der Waals surface area (Å²) < 4.78 is 25.3. The van der Waals surface area contributed by atoms with Crippen molar-refractivity contribution < 1.29 is 28.3 Å². The predicted molar refractivity (Wildman–Crippen MR) is 134 cm³/mol. The molecule has 1 N–H and O–H groups in total. The molecule has 4 aromatic rings. The molecule has 184 valence electrons. The number of ether oxygens (including phenoxy) is 1. The van der Waals surface area contributed by atoms with Gasteiger partial charge < -0.3 is 14.4 Å². The van der Waals surface area contributed by atoms with Crippen LogP contribution >= 0.6 is 11.8 Å². The summed E-state index contributed by atoms with van der Waals surface area (Å²) in [6, 6.07) is 20.7.